The number of nitrogens with zero attached hydrogens (tertiary/aromatic N) is 2. The third kappa shape index (κ3) is 3.82. The Kier molecular flexibility index (Phi) is 5.63. The van der Waals surface area contributed by atoms with Crippen molar-refractivity contribution in [1.29, 1.82) is 0 Å². The smallest absolute Gasteiger partial charge is 0.137 e. The van der Waals surface area contributed by atoms with Crippen molar-refractivity contribution in [1.82, 2.24) is 4.57 Å². The van der Waals surface area contributed by atoms with Gasteiger partial charge in [0, 0.05) is 44.4 Å². The Bertz CT molecular complexity index is 2700. The number of para-hydroxylation sites is 4. The Hall–Kier alpha value is -6.06. The highest BCUT2D eigenvalue weighted by Gasteiger charge is 2.37. The molecule has 3 nitrogen and oxygen atoms in total. The first-order valence-electron chi connectivity index (χ1n) is 16.6. The molecule has 0 amide bonds. The Morgan fingerprint density at radius 3 is 1.92 bits per heavy atom. The molecule has 228 valence electrons. The fraction of sp³-hybridized carbons (Fsp3) is 0.0667. The van der Waals surface area contributed by atoms with Crippen molar-refractivity contribution >= 4 is 60.8 Å². The number of hydrogen-bond acceptors (Lipinski definition) is 2. The van der Waals surface area contributed by atoms with Crippen LogP contribution in [0.4, 0.5) is 17.1 Å². The van der Waals surface area contributed by atoms with E-state index in [9.17, 15) is 0 Å². The maximum atomic E-state index is 6.36. The Labute approximate surface area is 278 Å². The number of benzene rings is 7. The van der Waals surface area contributed by atoms with Crippen LogP contribution in [0.2, 0.25) is 0 Å². The topological polar surface area (TPSA) is 21.3 Å². The van der Waals surface area contributed by atoms with Crippen LogP contribution in [0.1, 0.15) is 25.0 Å². The van der Waals surface area contributed by atoms with Crippen LogP contribution in [0.15, 0.2) is 162 Å². The Morgan fingerprint density at radius 2 is 1.08 bits per heavy atom. The summed E-state index contributed by atoms with van der Waals surface area (Å²) in [6.07, 6.45) is 0. The van der Waals surface area contributed by atoms with Crippen molar-refractivity contribution in [2.45, 2.75) is 19.3 Å². The predicted octanol–water partition coefficient (Wildman–Crippen LogP) is 12.5. The molecule has 1 aliphatic rings. The van der Waals surface area contributed by atoms with Gasteiger partial charge < -0.3 is 13.9 Å². The van der Waals surface area contributed by atoms with E-state index < -0.39 is 0 Å². The average Bonchev–Trinajstić information content (AvgIpc) is 3.66. The van der Waals surface area contributed by atoms with Gasteiger partial charge in [0.25, 0.3) is 0 Å². The summed E-state index contributed by atoms with van der Waals surface area (Å²) in [6, 6.07) is 57.0. The van der Waals surface area contributed by atoms with Gasteiger partial charge in [-0.25, -0.2) is 0 Å². The molecule has 0 fully saturated rings. The summed E-state index contributed by atoms with van der Waals surface area (Å²) in [6.45, 7) is 4.71. The molecule has 10 rings (SSSR count). The Balaban J connectivity index is 1.21. The van der Waals surface area contributed by atoms with Gasteiger partial charge in [-0.1, -0.05) is 98.8 Å². The molecule has 48 heavy (non-hydrogen) atoms. The molecule has 9 aromatic rings. The maximum absolute atomic E-state index is 6.36. The highest BCUT2D eigenvalue weighted by atomic mass is 16.3. The molecule has 0 N–H and O–H groups in total. The average molecular weight is 617 g/mol. The number of anilines is 3. The van der Waals surface area contributed by atoms with Crippen LogP contribution in [-0.2, 0) is 5.41 Å². The first-order chi connectivity index (χ1) is 23.6. The highest BCUT2D eigenvalue weighted by molar-refractivity contribution is 6.18. The third-order valence-electron chi connectivity index (χ3n) is 10.4. The molecule has 2 aromatic heterocycles. The van der Waals surface area contributed by atoms with Crippen molar-refractivity contribution in [3.05, 3.63) is 169 Å². The van der Waals surface area contributed by atoms with Gasteiger partial charge in [-0.3, -0.25) is 0 Å². The molecule has 3 heterocycles. The lowest BCUT2D eigenvalue weighted by Gasteiger charge is -2.42. The van der Waals surface area contributed by atoms with Crippen molar-refractivity contribution in [3.63, 3.8) is 0 Å². The van der Waals surface area contributed by atoms with Gasteiger partial charge in [-0.2, -0.15) is 0 Å². The third-order valence-corrected chi connectivity index (χ3v) is 10.4. The normalized spacial score (nSPS) is 13.8. The monoisotopic (exact) mass is 616 g/mol. The van der Waals surface area contributed by atoms with Crippen LogP contribution in [0, 0.1) is 0 Å². The summed E-state index contributed by atoms with van der Waals surface area (Å²) in [4.78, 5) is 2.41. The molecule has 0 saturated carbocycles. The van der Waals surface area contributed by atoms with Crippen LogP contribution in [0.25, 0.3) is 60.6 Å². The van der Waals surface area contributed by atoms with Gasteiger partial charge in [-0.05, 0) is 89.0 Å². The second-order valence-corrected chi connectivity index (χ2v) is 13.4. The van der Waals surface area contributed by atoms with Crippen molar-refractivity contribution in [3.8, 4) is 16.8 Å². The van der Waals surface area contributed by atoms with E-state index in [4.69, 9.17) is 4.42 Å². The molecule has 1 aliphatic heterocycles. The summed E-state index contributed by atoms with van der Waals surface area (Å²) in [5.74, 6) is 0. The largest absolute Gasteiger partial charge is 0.456 e. The number of aromatic nitrogens is 1. The van der Waals surface area contributed by atoms with E-state index in [2.05, 4.69) is 175 Å². The van der Waals surface area contributed by atoms with Gasteiger partial charge in [0.1, 0.15) is 11.2 Å². The quantitative estimate of drug-likeness (QED) is 0.197. The minimum atomic E-state index is -0.172. The zero-order chi connectivity index (χ0) is 32.0. The summed E-state index contributed by atoms with van der Waals surface area (Å²) >= 11 is 0. The minimum Gasteiger partial charge on any atom is -0.456 e. The fourth-order valence-electron chi connectivity index (χ4n) is 8.01. The molecule has 0 bridgehead atoms. The molecular formula is C45H32N2O. The molecule has 3 heteroatoms. The zero-order valence-corrected chi connectivity index (χ0v) is 26.8. The van der Waals surface area contributed by atoms with E-state index in [1.807, 2.05) is 6.07 Å². The van der Waals surface area contributed by atoms with E-state index in [-0.39, 0.29) is 5.41 Å². The molecule has 7 aromatic carbocycles. The predicted molar refractivity (Wildman–Crippen MR) is 200 cm³/mol. The van der Waals surface area contributed by atoms with Crippen LogP contribution in [0.5, 0.6) is 0 Å². The van der Waals surface area contributed by atoms with Crippen LogP contribution < -0.4 is 4.90 Å². The van der Waals surface area contributed by atoms with E-state index >= 15 is 0 Å². The van der Waals surface area contributed by atoms with Crippen LogP contribution in [-0.4, -0.2) is 4.57 Å². The molecule has 0 aliphatic carbocycles. The fourth-order valence-corrected chi connectivity index (χ4v) is 8.01. The lowest BCUT2D eigenvalue weighted by Crippen LogP contribution is -2.30. The lowest BCUT2D eigenvalue weighted by molar-refractivity contribution is 0.632. The number of rotatable bonds is 3. The van der Waals surface area contributed by atoms with E-state index in [1.54, 1.807) is 0 Å². The summed E-state index contributed by atoms with van der Waals surface area (Å²) in [7, 11) is 0. The molecular weight excluding hydrogens is 585 g/mol. The van der Waals surface area contributed by atoms with Crippen molar-refractivity contribution in [2.75, 3.05) is 4.90 Å². The van der Waals surface area contributed by atoms with Crippen LogP contribution in [0.3, 0.4) is 0 Å². The first-order valence-corrected chi connectivity index (χ1v) is 16.6. The van der Waals surface area contributed by atoms with Crippen LogP contribution >= 0.6 is 0 Å². The second-order valence-electron chi connectivity index (χ2n) is 13.4. The highest BCUT2D eigenvalue weighted by Crippen LogP contribution is 2.52. The van der Waals surface area contributed by atoms with Gasteiger partial charge in [0.05, 0.1) is 22.4 Å². The number of fused-ring (bicyclic) bond motifs is 8. The minimum absolute atomic E-state index is 0.172. The van der Waals surface area contributed by atoms with Gasteiger partial charge >= 0.3 is 0 Å². The summed E-state index contributed by atoms with van der Waals surface area (Å²) < 4.78 is 8.73. The zero-order valence-electron chi connectivity index (χ0n) is 26.8. The van der Waals surface area contributed by atoms with E-state index in [0.717, 1.165) is 33.1 Å². The van der Waals surface area contributed by atoms with Crippen molar-refractivity contribution in [2.24, 2.45) is 0 Å². The van der Waals surface area contributed by atoms with Gasteiger partial charge in [0.15, 0.2) is 0 Å². The van der Waals surface area contributed by atoms with Crippen molar-refractivity contribution < 1.29 is 4.42 Å². The number of furan rings is 1. The molecule has 0 radical (unpaired) electrons. The van der Waals surface area contributed by atoms with E-state index in [1.165, 1.54) is 55.6 Å². The molecule has 0 unspecified atom stereocenters. The standard InChI is InChI=1S/C45H32N2O/c1-45(2)37-18-10-11-19-40(37)47(32-15-7-4-8-16-32)41-24-22-30(26-38(41)45)29-21-23-39-34(25-29)35-27-36-33-17-9-12-20-43(33)48-44(36)28-42(35)46(39)31-13-5-3-6-14-31/h3-28H,1-2H3. The second kappa shape index (κ2) is 9.97. The summed E-state index contributed by atoms with van der Waals surface area (Å²) in [5.41, 5.74) is 13.8. The van der Waals surface area contributed by atoms with Gasteiger partial charge in [0.2, 0.25) is 0 Å². The number of hydrogen-bond donors (Lipinski definition) is 0. The molecule has 0 atom stereocenters. The summed E-state index contributed by atoms with van der Waals surface area (Å²) in [5, 5.41) is 4.74. The molecule has 0 spiro atoms. The lowest BCUT2D eigenvalue weighted by atomic mass is 9.73. The van der Waals surface area contributed by atoms with E-state index in [0.29, 0.717) is 0 Å². The maximum Gasteiger partial charge on any atom is 0.137 e. The molecule has 0 saturated heterocycles. The first kappa shape index (κ1) is 27.1. The Morgan fingerprint density at radius 1 is 0.438 bits per heavy atom. The van der Waals surface area contributed by atoms with Gasteiger partial charge in [-0.15, -0.1) is 0 Å². The SMILES string of the molecule is CC1(C)c2ccccc2N(c2ccccc2)c2ccc(-c3ccc4c(c3)c3cc5c(cc3n4-c3ccccc3)oc3ccccc35)cc21.